The largest absolute Gasteiger partial charge is 0.496 e. The van der Waals surface area contributed by atoms with Crippen molar-refractivity contribution < 1.29 is 4.74 Å². The lowest BCUT2D eigenvalue weighted by Crippen LogP contribution is -2.15. The van der Waals surface area contributed by atoms with Crippen LogP contribution >= 0.6 is 0 Å². The first-order chi connectivity index (χ1) is 9.78. The zero-order valence-corrected chi connectivity index (χ0v) is 12.1. The molecule has 0 saturated heterocycles. The van der Waals surface area contributed by atoms with Crippen molar-refractivity contribution >= 4 is 0 Å². The van der Waals surface area contributed by atoms with Crippen molar-refractivity contribution in [1.29, 1.82) is 0 Å². The zero-order chi connectivity index (χ0) is 13.9. The molecule has 1 aliphatic carbocycles. The molecular formula is C18H21NO. The molecule has 2 aromatic rings. The molecule has 0 bridgehead atoms. The van der Waals surface area contributed by atoms with Crippen LogP contribution in [-0.4, -0.2) is 13.2 Å². The third-order valence-corrected chi connectivity index (χ3v) is 3.87. The van der Waals surface area contributed by atoms with Gasteiger partial charge < -0.3 is 10.1 Å². The van der Waals surface area contributed by atoms with Gasteiger partial charge in [-0.2, -0.15) is 0 Å². The lowest BCUT2D eigenvalue weighted by molar-refractivity contribution is 0.416. The minimum absolute atomic E-state index is 0.742. The Balaban J connectivity index is 1.92. The first-order valence-electron chi connectivity index (χ1n) is 7.24. The van der Waals surface area contributed by atoms with Crippen LogP contribution < -0.4 is 10.1 Å². The van der Waals surface area contributed by atoms with Crippen LogP contribution in [0.3, 0.4) is 0 Å². The molecule has 0 unspecified atom stereocenters. The van der Waals surface area contributed by atoms with Gasteiger partial charge in [0.1, 0.15) is 5.75 Å². The molecule has 1 fully saturated rings. The topological polar surface area (TPSA) is 21.3 Å². The Hall–Kier alpha value is -1.80. The van der Waals surface area contributed by atoms with E-state index in [0.29, 0.717) is 0 Å². The van der Waals surface area contributed by atoms with Crippen molar-refractivity contribution in [2.24, 2.45) is 0 Å². The zero-order valence-electron chi connectivity index (χ0n) is 12.1. The summed E-state index contributed by atoms with van der Waals surface area (Å²) >= 11 is 0. The second-order valence-corrected chi connectivity index (χ2v) is 5.50. The van der Waals surface area contributed by atoms with Crippen LogP contribution in [0.4, 0.5) is 0 Å². The molecule has 104 valence electrons. The van der Waals surface area contributed by atoms with Gasteiger partial charge in [0.05, 0.1) is 7.11 Å². The van der Waals surface area contributed by atoms with E-state index in [1.807, 2.05) is 12.1 Å². The highest BCUT2D eigenvalue weighted by Gasteiger charge is 2.20. The molecule has 0 atom stereocenters. The summed E-state index contributed by atoms with van der Waals surface area (Å²) in [5.41, 5.74) is 5.05. The summed E-state index contributed by atoms with van der Waals surface area (Å²) in [5, 5.41) is 3.57. The van der Waals surface area contributed by atoms with Crippen LogP contribution in [0.2, 0.25) is 0 Å². The SMILES string of the molecule is COc1ccccc1-c1cc(CNC2CC2)ccc1C. The van der Waals surface area contributed by atoms with Crippen LogP contribution in [0.15, 0.2) is 42.5 Å². The molecule has 2 aromatic carbocycles. The molecule has 1 aliphatic rings. The quantitative estimate of drug-likeness (QED) is 0.886. The maximum atomic E-state index is 5.49. The van der Waals surface area contributed by atoms with E-state index >= 15 is 0 Å². The number of benzene rings is 2. The molecule has 0 aromatic heterocycles. The molecule has 0 aliphatic heterocycles. The Bertz CT molecular complexity index is 602. The monoisotopic (exact) mass is 267 g/mol. The van der Waals surface area contributed by atoms with E-state index in [9.17, 15) is 0 Å². The molecule has 2 nitrogen and oxygen atoms in total. The number of aryl methyl sites for hydroxylation is 1. The van der Waals surface area contributed by atoms with E-state index in [-0.39, 0.29) is 0 Å². The van der Waals surface area contributed by atoms with E-state index in [2.05, 4.69) is 42.6 Å². The predicted octanol–water partition coefficient (Wildman–Crippen LogP) is 3.92. The van der Waals surface area contributed by atoms with Gasteiger partial charge in [0.15, 0.2) is 0 Å². The Kier molecular flexibility index (Phi) is 3.75. The van der Waals surface area contributed by atoms with Crippen molar-refractivity contribution in [3.05, 3.63) is 53.6 Å². The minimum atomic E-state index is 0.742. The highest BCUT2D eigenvalue weighted by molar-refractivity contribution is 5.73. The third kappa shape index (κ3) is 2.86. The van der Waals surface area contributed by atoms with Crippen LogP contribution in [0.25, 0.3) is 11.1 Å². The normalized spacial score (nSPS) is 14.3. The van der Waals surface area contributed by atoms with Crippen molar-refractivity contribution in [1.82, 2.24) is 5.32 Å². The Labute approximate surface area is 120 Å². The Morgan fingerprint density at radius 1 is 1.10 bits per heavy atom. The minimum Gasteiger partial charge on any atom is -0.496 e. The van der Waals surface area contributed by atoms with Gasteiger partial charge in [-0.1, -0.05) is 30.3 Å². The maximum Gasteiger partial charge on any atom is 0.126 e. The lowest BCUT2D eigenvalue weighted by atomic mass is 9.97. The molecule has 2 heteroatoms. The van der Waals surface area contributed by atoms with E-state index < -0.39 is 0 Å². The third-order valence-electron chi connectivity index (χ3n) is 3.87. The van der Waals surface area contributed by atoms with Gasteiger partial charge in [0.2, 0.25) is 0 Å². The number of methoxy groups -OCH3 is 1. The fourth-order valence-electron chi connectivity index (χ4n) is 2.49. The summed E-state index contributed by atoms with van der Waals surface area (Å²) < 4.78 is 5.49. The molecule has 0 heterocycles. The lowest BCUT2D eigenvalue weighted by Gasteiger charge is -2.13. The predicted molar refractivity (Wildman–Crippen MR) is 83.0 cm³/mol. The summed E-state index contributed by atoms with van der Waals surface area (Å²) in [6.07, 6.45) is 2.65. The smallest absolute Gasteiger partial charge is 0.126 e. The standard InChI is InChI=1S/C18H21NO/c1-13-7-8-14(12-19-15-9-10-15)11-17(13)16-5-3-4-6-18(16)20-2/h3-8,11,15,19H,9-10,12H2,1-2H3. The van der Waals surface area contributed by atoms with Gasteiger partial charge in [0, 0.05) is 18.2 Å². The number of para-hydroxylation sites is 1. The number of ether oxygens (including phenoxy) is 1. The average molecular weight is 267 g/mol. The molecule has 0 radical (unpaired) electrons. The molecule has 1 saturated carbocycles. The van der Waals surface area contributed by atoms with Gasteiger partial charge in [0.25, 0.3) is 0 Å². The Morgan fingerprint density at radius 3 is 2.65 bits per heavy atom. The number of rotatable bonds is 5. The van der Waals surface area contributed by atoms with Crippen molar-refractivity contribution in [2.45, 2.75) is 32.4 Å². The highest BCUT2D eigenvalue weighted by Crippen LogP contribution is 2.32. The molecule has 0 spiro atoms. The van der Waals surface area contributed by atoms with Crippen molar-refractivity contribution in [3.8, 4) is 16.9 Å². The number of nitrogens with one attached hydrogen (secondary N) is 1. The fraction of sp³-hybridized carbons (Fsp3) is 0.333. The van der Waals surface area contributed by atoms with Crippen LogP contribution in [0, 0.1) is 6.92 Å². The summed E-state index contributed by atoms with van der Waals surface area (Å²) in [7, 11) is 1.73. The van der Waals surface area contributed by atoms with Gasteiger partial charge >= 0.3 is 0 Å². The molecule has 20 heavy (non-hydrogen) atoms. The first kappa shape index (κ1) is 13.2. The summed E-state index contributed by atoms with van der Waals surface area (Å²) in [6.45, 7) is 3.10. The summed E-state index contributed by atoms with van der Waals surface area (Å²) in [4.78, 5) is 0. The average Bonchev–Trinajstić information content (AvgIpc) is 3.30. The maximum absolute atomic E-state index is 5.49. The molecule has 1 N–H and O–H groups in total. The second kappa shape index (κ2) is 5.68. The van der Waals surface area contributed by atoms with Crippen LogP contribution in [-0.2, 0) is 6.54 Å². The first-order valence-corrected chi connectivity index (χ1v) is 7.24. The summed E-state index contributed by atoms with van der Waals surface area (Å²) in [6, 6.07) is 15.6. The van der Waals surface area contributed by atoms with Gasteiger partial charge in [-0.3, -0.25) is 0 Å². The highest BCUT2D eigenvalue weighted by atomic mass is 16.5. The molecule has 3 rings (SSSR count). The van der Waals surface area contributed by atoms with Crippen LogP contribution in [0.5, 0.6) is 5.75 Å². The number of hydrogen-bond acceptors (Lipinski definition) is 2. The second-order valence-electron chi connectivity index (χ2n) is 5.50. The number of hydrogen-bond donors (Lipinski definition) is 1. The molecular weight excluding hydrogens is 246 g/mol. The van der Waals surface area contributed by atoms with E-state index in [0.717, 1.165) is 18.3 Å². The van der Waals surface area contributed by atoms with E-state index in [1.54, 1.807) is 7.11 Å². The van der Waals surface area contributed by atoms with E-state index in [4.69, 9.17) is 4.74 Å². The van der Waals surface area contributed by atoms with Crippen LogP contribution in [0.1, 0.15) is 24.0 Å². The fourth-order valence-corrected chi connectivity index (χ4v) is 2.49. The molecule has 0 amide bonds. The Morgan fingerprint density at radius 2 is 1.90 bits per heavy atom. The van der Waals surface area contributed by atoms with E-state index in [1.165, 1.54) is 35.1 Å². The van der Waals surface area contributed by atoms with Crippen molar-refractivity contribution in [3.63, 3.8) is 0 Å². The summed E-state index contributed by atoms with van der Waals surface area (Å²) in [5.74, 6) is 0.933. The van der Waals surface area contributed by atoms with Gasteiger partial charge in [-0.05, 0) is 48.6 Å². The van der Waals surface area contributed by atoms with Crippen molar-refractivity contribution in [2.75, 3.05) is 7.11 Å². The van der Waals surface area contributed by atoms with Gasteiger partial charge in [-0.25, -0.2) is 0 Å². The van der Waals surface area contributed by atoms with Gasteiger partial charge in [-0.15, -0.1) is 0 Å².